The van der Waals surface area contributed by atoms with Crippen LogP contribution in [0, 0.1) is 0 Å². The highest BCUT2D eigenvalue weighted by atomic mass is 35.5. The third-order valence-electron chi connectivity index (χ3n) is 3.77. The quantitative estimate of drug-likeness (QED) is 0.784. The van der Waals surface area contributed by atoms with E-state index >= 15 is 0 Å². The van der Waals surface area contributed by atoms with Crippen LogP contribution in [-0.4, -0.2) is 29.0 Å². The highest BCUT2D eigenvalue weighted by Gasteiger charge is 2.27. The Kier molecular flexibility index (Phi) is 5.81. The molecule has 0 aliphatic carbocycles. The normalized spacial score (nSPS) is 22.0. The van der Waals surface area contributed by atoms with Crippen molar-refractivity contribution in [2.24, 2.45) is 0 Å². The van der Waals surface area contributed by atoms with Gasteiger partial charge in [-0.1, -0.05) is 32.4 Å². The van der Waals surface area contributed by atoms with Gasteiger partial charge in [-0.05, 0) is 42.0 Å². The van der Waals surface area contributed by atoms with Crippen molar-refractivity contribution >= 4 is 29.3 Å². The number of halogens is 1. The predicted octanol–water partition coefficient (Wildman–Crippen LogP) is 4.75. The summed E-state index contributed by atoms with van der Waals surface area (Å²) in [5, 5.41) is 9.58. The first kappa shape index (κ1) is 17.6. The summed E-state index contributed by atoms with van der Waals surface area (Å²) >= 11 is 7.90. The number of carbonyl (C=O) groups is 1. The van der Waals surface area contributed by atoms with Gasteiger partial charge in [0.1, 0.15) is 0 Å². The van der Waals surface area contributed by atoms with Crippen molar-refractivity contribution in [3.63, 3.8) is 0 Å². The minimum Gasteiger partial charge on any atom is -0.481 e. The summed E-state index contributed by atoms with van der Waals surface area (Å²) in [6.07, 6.45) is 1.89. The summed E-state index contributed by atoms with van der Waals surface area (Å²) < 4.78 is 5.82. The molecule has 1 aromatic carbocycles. The maximum atomic E-state index is 10.7. The first-order valence-corrected chi connectivity index (χ1v) is 8.92. The van der Waals surface area contributed by atoms with E-state index < -0.39 is 5.97 Å². The van der Waals surface area contributed by atoms with Crippen LogP contribution in [-0.2, 0) is 14.9 Å². The van der Waals surface area contributed by atoms with Crippen molar-refractivity contribution in [2.75, 3.05) is 5.75 Å². The molecule has 1 N–H and O–H groups in total. The molecule has 1 aliphatic heterocycles. The minimum atomic E-state index is -0.786. The molecule has 5 heteroatoms. The smallest absolute Gasteiger partial charge is 0.305 e. The second-order valence-corrected chi connectivity index (χ2v) is 8.26. The van der Waals surface area contributed by atoms with Crippen LogP contribution in [0.25, 0.3) is 0 Å². The summed E-state index contributed by atoms with van der Waals surface area (Å²) in [5.41, 5.74) is 1.28. The Hall–Kier alpha value is -0.710. The van der Waals surface area contributed by atoms with Gasteiger partial charge in [-0.2, -0.15) is 0 Å². The molecule has 2 atom stereocenters. The largest absolute Gasteiger partial charge is 0.481 e. The Balaban J connectivity index is 1.97. The summed E-state index contributed by atoms with van der Waals surface area (Å²) in [4.78, 5) is 12.0. The topological polar surface area (TPSA) is 46.5 Å². The Morgan fingerprint density at radius 1 is 1.36 bits per heavy atom. The van der Waals surface area contributed by atoms with Crippen LogP contribution in [0.4, 0.5) is 0 Å². The summed E-state index contributed by atoms with van der Waals surface area (Å²) in [5.74, 6) is 0.0620. The number of hydrogen-bond donors (Lipinski definition) is 1. The lowest BCUT2D eigenvalue weighted by Gasteiger charge is -2.23. The SMILES string of the molecule is CC(C)(C)c1cc(Cl)ccc1SCC1CCC(CC(=O)O)O1. The highest BCUT2D eigenvalue weighted by Crippen LogP contribution is 2.36. The minimum absolute atomic E-state index is 0.0373. The fraction of sp³-hybridized carbons (Fsp3) is 0.588. The molecular weight excluding hydrogens is 320 g/mol. The van der Waals surface area contributed by atoms with E-state index in [9.17, 15) is 4.79 Å². The average Bonchev–Trinajstić information content (AvgIpc) is 2.83. The molecule has 1 heterocycles. The molecule has 2 unspecified atom stereocenters. The highest BCUT2D eigenvalue weighted by molar-refractivity contribution is 7.99. The van der Waals surface area contributed by atoms with E-state index in [0.717, 1.165) is 23.6 Å². The first-order chi connectivity index (χ1) is 10.3. The maximum absolute atomic E-state index is 10.7. The second kappa shape index (κ2) is 7.24. The maximum Gasteiger partial charge on any atom is 0.305 e. The van der Waals surface area contributed by atoms with Crippen LogP contribution in [0.2, 0.25) is 5.02 Å². The molecule has 3 nitrogen and oxygen atoms in total. The standard InChI is InChI=1S/C17H23ClO3S/c1-17(2,3)14-8-11(18)4-7-15(14)22-10-13-6-5-12(21-13)9-16(19)20/h4,7-8,12-13H,5-6,9-10H2,1-3H3,(H,19,20). The molecule has 1 aliphatic rings. The van der Waals surface area contributed by atoms with Crippen molar-refractivity contribution < 1.29 is 14.6 Å². The number of carboxylic acid groups (broad SMARTS) is 1. The van der Waals surface area contributed by atoms with Crippen molar-refractivity contribution in [3.8, 4) is 0 Å². The number of benzene rings is 1. The van der Waals surface area contributed by atoms with Gasteiger partial charge in [0.2, 0.25) is 0 Å². The van der Waals surface area contributed by atoms with E-state index in [1.807, 2.05) is 12.1 Å². The lowest BCUT2D eigenvalue weighted by molar-refractivity contribution is -0.139. The van der Waals surface area contributed by atoms with E-state index in [1.54, 1.807) is 11.8 Å². The fourth-order valence-electron chi connectivity index (χ4n) is 2.64. The fourth-order valence-corrected chi connectivity index (χ4v) is 4.11. The molecular formula is C17H23ClO3S. The molecule has 22 heavy (non-hydrogen) atoms. The molecule has 0 bridgehead atoms. The Morgan fingerprint density at radius 2 is 2.05 bits per heavy atom. The van der Waals surface area contributed by atoms with Gasteiger partial charge < -0.3 is 9.84 Å². The van der Waals surface area contributed by atoms with Crippen LogP contribution in [0.5, 0.6) is 0 Å². The molecule has 1 aromatic rings. The zero-order valence-electron chi connectivity index (χ0n) is 13.3. The number of aliphatic carboxylic acids is 1. The summed E-state index contributed by atoms with van der Waals surface area (Å²) in [7, 11) is 0. The van der Waals surface area contributed by atoms with E-state index in [4.69, 9.17) is 21.4 Å². The van der Waals surface area contributed by atoms with Crippen LogP contribution >= 0.6 is 23.4 Å². The number of hydrogen-bond acceptors (Lipinski definition) is 3. The zero-order chi connectivity index (χ0) is 16.3. The summed E-state index contributed by atoms with van der Waals surface area (Å²) in [6.45, 7) is 6.53. The molecule has 0 aromatic heterocycles. The average molecular weight is 343 g/mol. The van der Waals surface area contributed by atoms with Crippen LogP contribution < -0.4 is 0 Å². The van der Waals surface area contributed by atoms with Gasteiger partial charge in [0.05, 0.1) is 18.6 Å². The predicted molar refractivity (Wildman–Crippen MR) is 91.0 cm³/mol. The van der Waals surface area contributed by atoms with Gasteiger partial charge in [0.15, 0.2) is 0 Å². The van der Waals surface area contributed by atoms with E-state index in [0.29, 0.717) is 0 Å². The molecule has 0 radical (unpaired) electrons. The third-order valence-corrected chi connectivity index (χ3v) is 5.21. The van der Waals surface area contributed by atoms with Crippen LogP contribution in [0.3, 0.4) is 0 Å². The lowest BCUT2D eigenvalue weighted by Crippen LogP contribution is -2.17. The van der Waals surface area contributed by atoms with Crippen molar-refractivity contribution in [2.45, 2.75) is 62.6 Å². The monoisotopic (exact) mass is 342 g/mol. The zero-order valence-corrected chi connectivity index (χ0v) is 14.8. The number of thioether (sulfide) groups is 1. The second-order valence-electron chi connectivity index (χ2n) is 6.76. The van der Waals surface area contributed by atoms with Crippen molar-refractivity contribution in [3.05, 3.63) is 28.8 Å². The molecule has 1 saturated heterocycles. The van der Waals surface area contributed by atoms with E-state index in [-0.39, 0.29) is 24.0 Å². The van der Waals surface area contributed by atoms with Crippen molar-refractivity contribution in [1.29, 1.82) is 0 Å². The van der Waals surface area contributed by atoms with Crippen molar-refractivity contribution in [1.82, 2.24) is 0 Å². The lowest BCUT2D eigenvalue weighted by atomic mass is 9.87. The van der Waals surface area contributed by atoms with Gasteiger partial charge in [-0.15, -0.1) is 11.8 Å². The van der Waals surface area contributed by atoms with Gasteiger partial charge in [0.25, 0.3) is 0 Å². The molecule has 1 fully saturated rings. The molecule has 2 rings (SSSR count). The van der Waals surface area contributed by atoms with Gasteiger partial charge in [-0.3, -0.25) is 4.79 Å². The molecule has 0 saturated carbocycles. The Labute approximate surface area is 141 Å². The molecule has 0 spiro atoms. The Morgan fingerprint density at radius 3 is 2.68 bits per heavy atom. The Bertz CT molecular complexity index is 539. The van der Waals surface area contributed by atoms with Gasteiger partial charge in [-0.25, -0.2) is 0 Å². The van der Waals surface area contributed by atoms with E-state index in [2.05, 4.69) is 26.8 Å². The number of carboxylic acids is 1. The van der Waals surface area contributed by atoms with Crippen LogP contribution in [0.1, 0.15) is 45.6 Å². The summed E-state index contributed by atoms with van der Waals surface area (Å²) in [6, 6.07) is 6.02. The van der Waals surface area contributed by atoms with Gasteiger partial charge >= 0.3 is 5.97 Å². The number of ether oxygens (including phenoxy) is 1. The number of rotatable bonds is 5. The van der Waals surface area contributed by atoms with E-state index in [1.165, 1.54) is 10.5 Å². The first-order valence-electron chi connectivity index (χ1n) is 7.56. The van der Waals surface area contributed by atoms with Gasteiger partial charge in [0, 0.05) is 15.7 Å². The molecule has 0 amide bonds. The molecule has 122 valence electrons. The third kappa shape index (κ3) is 4.90. The van der Waals surface area contributed by atoms with Crippen LogP contribution in [0.15, 0.2) is 23.1 Å².